The Morgan fingerprint density at radius 2 is 1.72 bits per heavy atom. The van der Waals surface area contributed by atoms with Gasteiger partial charge in [-0.2, -0.15) is 5.10 Å². The summed E-state index contributed by atoms with van der Waals surface area (Å²) in [6, 6.07) is 18.3. The van der Waals surface area contributed by atoms with Crippen molar-refractivity contribution in [1.29, 1.82) is 0 Å². The van der Waals surface area contributed by atoms with Gasteiger partial charge in [0.15, 0.2) is 0 Å². The van der Waals surface area contributed by atoms with Crippen LogP contribution in [0.5, 0.6) is 0 Å². The molecule has 0 bridgehead atoms. The van der Waals surface area contributed by atoms with Crippen LogP contribution in [0.15, 0.2) is 65.6 Å². The second-order valence-electron chi connectivity index (χ2n) is 8.98. The van der Waals surface area contributed by atoms with E-state index in [0.717, 1.165) is 53.5 Å². The van der Waals surface area contributed by atoms with E-state index < -0.39 is 0 Å². The van der Waals surface area contributed by atoms with E-state index in [1.54, 1.807) is 6.20 Å². The molecule has 2 aromatic carbocycles. The molecule has 0 spiro atoms. The van der Waals surface area contributed by atoms with E-state index in [0.29, 0.717) is 12.1 Å². The summed E-state index contributed by atoms with van der Waals surface area (Å²) < 4.78 is 3.34. The maximum Gasteiger partial charge on any atom is 0.291 e. The predicted octanol–water partition coefficient (Wildman–Crippen LogP) is 4.09. The van der Waals surface area contributed by atoms with Crippen molar-refractivity contribution in [3.8, 4) is 0 Å². The molecule has 0 radical (unpaired) electrons. The topological polar surface area (TPSA) is 68.9 Å². The molecule has 0 saturated heterocycles. The molecule has 1 fully saturated rings. The van der Waals surface area contributed by atoms with E-state index in [1.807, 2.05) is 47.0 Å². The van der Waals surface area contributed by atoms with Gasteiger partial charge >= 0.3 is 0 Å². The zero-order valence-corrected chi connectivity index (χ0v) is 18.3. The molecule has 6 nitrogen and oxygen atoms in total. The number of rotatable bonds is 5. The molecular weight excluding hydrogens is 400 g/mol. The standard InChI is InChI=1S/C26H28N4O2/c1-18-11-13-20(14-12-18)28-24(31)17-30-26(32)25-22(15-27-30)21-9-5-6-10-23(21)29(25)16-19-7-3-2-4-8-19/h2-10,15,18,20H,11-14,16-17H2,1H3,(H,28,31). The Bertz CT molecular complexity index is 1310. The molecule has 164 valence electrons. The molecule has 0 atom stereocenters. The van der Waals surface area contributed by atoms with Crippen molar-refractivity contribution in [2.45, 2.75) is 51.7 Å². The summed E-state index contributed by atoms with van der Waals surface area (Å²) in [5, 5.41) is 9.27. The molecule has 2 heterocycles. The minimum atomic E-state index is -0.234. The van der Waals surface area contributed by atoms with Crippen LogP contribution >= 0.6 is 0 Å². The van der Waals surface area contributed by atoms with Crippen LogP contribution < -0.4 is 10.9 Å². The van der Waals surface area contributed by atoms with Gasteiger partial charge in [0.25, 0.3) is 5.56 Å². The van der Waals surface area contributed by atoms with Crippen LogP contribution in [0.25, 0.3) is 21.8 Å². The molecule has 1 amide bonds. The van der Waals surface area contributed by atoms with Gasteiger partial charge in [-0.25, -0.2) is 4.68 Å². The molecular formula is C26H28N4O2. The maximum absolute atomic E-state index is 13.5. The number of nitrogens with one attached hydrogen (secondary N) is 1. The molecule has 0 unspecified atom stereocenters. The van der Waals surface area contributed by atoms with Crippen molar-refractivity contribution in [3.63, 3.8) is 0 Å². The monoisotopic (exact) mass is 428 g/mol. The van der Waals surface area contributed by atoms with Crippen LogP contribution in [0.3, 0.4) is 0 Å². The van der Waals surface area contributed by atoms with E-state index >= 15 is 0 Å². The molecule has 1 saturated carbocycles. The first-order chi connectivity index (χ1) is 15.6. The van der Waals surface area contributed by atoms with Gasteiger partial charge in [-0.1, -0.05) is 55.5 Å². The highest BCUT2D eigenvalue weighted by Crippen LogP contribution is 2.27. The third-order valence-electron chi connectivity index (χ3n) is 6.63. The van der Waals surface area contributed by atoms with Crippen molar-refractivity contribution in [2.75, 3.05) is 0 Å². The second kappa shape index (κ2) is 8.61. The number of aromatic nitrogens is 3. The number of para-hydroxylation sites is 1. The lowest BCUT2D eigenvalue weighted by Gasteiger charge is -2.26. The third kappa shape index (κ3) is 3.93. The lowest BCUT2D eigenvalue weighted by Crippen LogP contribution is -2.41. The molecule has 4 aromatic rings. The SMILES string of the molecule is CC1CCC(NC(=O)Cn2ncc3c4ccccc4n(Cc4ccccc4)c3c2=O)CC1. The Balaban J connectivity index is 1.50. The largest absolute Gasteiger partial charge is 0.352 e. The Kier molecular flexibility index (Phi) is 5.52. The summed E-state index contributed by atoms with van der Waals surface area (Å²) >= 11 is 0. The van der Waals surface area contributed by atoms with Gasteiger partial charge in [-0.3, -0.25) is 9.59 Å². The Morgan fingerprint density at radius 1 is 1.00 bits per heavy atom. The van der Waals surface area contributed by atoms with Crippen molar-refractivity contribution in [1.82, 2.24) is 19.7 Å². The molecule has 5 rings (SSSR count). The summed E-state index contributed by atoms with van der Waals surface area (Å²) in [6.07, 6.45) is 5.98. The fourth-order valence-electron chi connectivity index (χ4n) is 4.85. The Labute approximate surface area is 186 Å². The van der Waals surface area contributed by atoms with Gasteiger partial charge in [-0.05, 0) is 43.2 Å². The fraction of sp³-hybridized carbons (Fsp3) is 0.346. The second-order valence-corrected chi connectivity index (χ2v) is 8.98. The van der Waals surface area contributed by atoms with Crippen LogP contribution in [-0.4, -0.2) is 26.3 Å². The minimum absolute atomic E-state index is 0.0618. The summed E-state index contributed by atoms with van der Waals surface area (Å²) in [6.45, 7) is 2.77. The zero-order chi connectivity index (χ0) is 22.1. The average Bonchev–Trinajstić information content (AvgIpc) is 3.12. The fourth-order valence-corrected chi connectivity index (χ4v) is 4.85. The molecule has 1 N–H and O–H groups in total. The number of fused-ring (bicyclic) bond motifs is 3. The van der Waals surface area contributed by atoms with E-state index in [9.17, 15) is 9.59 Å². The lowest BCUT2D eigenvalue weighted by molar-refractivity contribution is -0.122. The van der Waals surface area contributed by atoms with Gasteiger partial charge in [0.1, 0.15) is 12.1 Å². The molecule has 0 aliphatic heterocycles. The minimum Gasteiger partial charge on any atom is -0.352 e. The molecule has 2 aromatic heterocycles. The number of nitrogens with zero attached hydrogens (tertiary/aromatic N) is 3. The number of carbonyl (C=O) groups is 1. The van der Waals surface area contributed by atoms with E-state index in [4.69, 9.17) is 0 Å². The Hall–Kier alpha value is -3.41. The first-order valence-electron chi connectivity index (χ1n) is 11.4. The van der Waals surface area contributed by atoms with E-state index in [1.165, 1.54) is 4.68 Å². The molecule has 1 aliphatic rings. The highest BCUT2D eigenvalue weighted by Gasteiger charge is 2.21. The van der Waals surface area contributed by atoms with E-state index in [-0.39, 0.29) is 24.1 Å². The number of benzene rings is 2. The van der Waals surface area contributed by atoms with E-state index in [2.05, 4.69) is 29.5 Å². The third-order valence-corrected chi connectivity index (χ3v) is 6.63. The number of carbonyl (C=O) groups excluding carboxylic acids is 1. The maximum atomic E-state index is 13.5. The Morgan fingerprint density at radius 3 is 2.50 bits per heavy atom. The normalized spacial score (nSPS) is 18.8. The quantitative estimate of drug-likeness (QED) is 0.520. The molecule has 1 aliphatic carbocycles. The van der Waals surface area contributed by atoms with Crippen LogP contribution in [0.4, 0.5) is 0 Å². The smallest absolute Gasteiger partial charge is 0.291 e. The first-order valence-corrected chi connectivity index (χ1v) is 11.4. The predicted molar refractivity (Wildman–Crippen MR) is 127 cm³/mol. The van der Waals surface area contributed by atoms with Crippen molar-refractivity contribution >= 4 is 27.7 Å². The highest BCUT2D eigenvalue weighted by molar-refractivity contribution is 6.07. The van der Waals surface area contributed by atoms with Crippen molar-refractivity contribution in [3.05, 3.63) is 76.7 Å². The highest BCUT2D eigenvalue weighted by atomic mass is 16.2. The van der Waals surface area contributed by atoms with Crippen molar-refractivity contribution < 1.29 is 4.79 Å². The van der Waals surface area contributed by atoms with Gasteiger partial charge in [0, 0.05) is 28.9 Å². The first kappa shape index (κ1) is 20.5. The molecule has 32 heavy (non-hydrogen) atoms. The zero-order valence-electron chi connectivity index (χ0n) is 18.3. The summed E-state index contributed by atoms with van der Waals surface area (Å²) in [7, 11) is 0. The van der Waals surface area contributed by atoms with Crippen LogP contribution in [-0.2, 0) is 17.9 Å². The summed E-state index contributed by atoms with van der Waals surface area (Å²) in [5.41, 5.74) is 2.46. The number of hydrogen-bond donors (Lipinski definition) is 1. The van der Waals surface area contributed by atoms with Crippen LogP contribution in [0.2, 0.25) is 0 Å². The number of amides is 1. The lowest BCUT2D eigenvalue weighted by atomic mass is 9.87. The average molecular weight is 429 g/mol. The van der Waals surface area contributed by atoms with Crippen molar-refractivity contribution in [2.24, 2.45) is 5.92 Å². The summed E-state index contributed by atoms with van der Waals surface area (Å²) in [5.74, 6) is 0.575. The van der Waals surface area contributed by atoms with Gasteiger partial charge in [-0.15, -0.1) is 0 Å². The van der Waals surface area contributed by atoms with Crippen LogP contribution in [0, 0.1) is 5.92 Å². The van der Waals surface area contributed by atoms with Crippen LogP contribution in [0.1, 0.15) is 38.2 Å². The molecule has 6 heteroatoms. The summed E-state index contributed by atoms with van der Waals surface area (Å²) in [4.78, 5) is 26.2. The van der Waals surface area contributed by atoms with Gasteiger partial charge < -0.3 is 9.88 Å². The van der Waals surface area contributed by atoms with Gasteiger partial charge in [0.2, 0.25) is 5.91 Å². The van der Waals surface area contributed by atoms with Gasteiger partial charge in [0.05, 0.1) is 6.20 Å². The number of hydrogen-bond acceptors (Lipinski definition) is 3.